The fraction of sp³-hybridized carbons (Fsp3) is 0.312. The maximum Gasteiger partial charge on any atom is 0.228 e. The van der Waals surface area contributed by atoms with Gasteiger partial charge in [0.25, 0.3) is 0 Å². The molecule has 0 saturated carbocycles. The van der Waals surface area contributed by atoms with E-state index in [1.54, 1.807) is 36.6 Å². The number of sulfone groups is 1. The van der Waals surface area contributed by atoms with Gasteiger partial charge in [-0.25, -0.2) is 8.42 Å². The van der Waals surface area contributed by atoms with Crippen molar-refractivity contribution in [3.8, 4) is 5.75 Å². The maximum absolute atomic E-state index is 12.1. The molecule has 0 aromatic heterocycles. The third kappa shape index (κ3) is 4.57. The number of fused-ring (bicyclic) bond motifs is 1. The van der Waals surface area contributed by atoms with Gasteiger partial charge in [0, 0.05) is 0 Å². The summed E-state index contributed by atoms with van der Waals surface area (Å²) in [5.41, 5.74) is 0.840. The van der Waals surface area contributed by atoms with Crippen molar-refractivity contribution < 1.29 is 17.9 Å². The normalized spacial score (nSPS) is 12.8. The molecule has 0 radical (unpaired) electrons. The van der Waals surface area contributed by atoms with Crippen LogP contribution in [-0.4, -0.2) is 31.1 Å². The average molecular weight is 447 g/mol. The molecule has 2 rings (SSSR count). The van der Waals surface area contributed by atoms with Gasteiger partial charge in [0.05, 0.1) is 13.0 Å². The van der Waals surface area contributed by atoms with E-state index in [0.717, 1.165) is 22.1 Å². The van der Waals surface area contributed by atoms with Gasteiger partial charge in [-0.05, 0) is 35.4 Å². The van der Waals surface area contributed by atoms with E-state index in [-0.39, 0.29) is 15.5 Å². The van der Waals surface area contributed by atoms with E-state index < -0.39 is 15.8 Å². The largest absolute Gasteiger partial charge is 0.497 e. The highest BCUT2D eigenvalue weighted by molar-refractivity contribution is 14.1. The van der Waals surface area contributed by atoms with Crippen molar-refractivity contribution >= 4 is 49.1 Å². The lowest BCUT2D eigenvalue weighted by Crippen LogP contribution is -2.33. The molecule has 1 N–H and O–H groups in total. The van der Waals surface area contributed by atoms with E-state index in [9.17, 15) is 13.2 Å². The number of alkyl halides is 1. The van der Waals surface area contributed by atoms with E-state index in [1.807, 2.05) is 36.4 Å². The van der Waals surface area contributed by atoms with Gasteiger partial charge < -0.3 is 10.1 Å². The van der Waals surface area contributed by atoms with Crippen molar-refractivity contribution in [1.29, 1.82) is 0 Å². The van der Waals surface area contributed by atoms with Crippen LogP contribution in [0.2, 0.25) is 0 Å². The maximum atomic E-state index is 12.1. The van der Waals surface area contributed by atoms with Crippen molar-refractivity contribution in [2.45, 2.75) is 12.8 Å². The van der Waals surface area contributed by atoms with E-state index in [2.05, 4.69) is 5.32 Å². The summed E-state index contributed by atoms with van der Waals surface area (Å²) in [6.07, 6.45) is 0. The van der Waals surface area contributed by atoms with Crippen LogP contribution in [0.3, 0.4) is 0 Å². The molecular formula is C16H18INO4S. The molecule has 1 amide bonds. The lowest BCUT2D eigenvalue weighted by molar-refractivity contribution is -0.121. The standard InChI is InChI=1S/C16H18INO4S/c1-11(16(19)18-10-23(20,21)9-17)12-3-4-14-8-15(22-2)6-5-13(14)7-12/h3-8,11H,9-10H2,1-2H3,(H,18,19). The number of benzene rings is 2. The summed E-state index contributed by atoms with van der Waals surface area (Å²) in [6, 6.07) is 11.5. The SMILES string of the molecule is COc1ccc2cc(C(C)C(=O)NCS(=O)(=O)CI)ccc2c1. The van der Waals surface area contributed by atoms with Crippen LogP contribution < -0.4 is 10.1 Å². The summed E-state index contributed by atoms with van der Waals surface area (Å²) in [4.78, 5) is 12.1. The van der Waals surface area contributed by atoms with E-state index >= 15 is 0 Å². The molecule has 0 spiro atoms. The lowest BCUT2D eigenvalue weighted by atomic mass is 9.97. The number of methoxy groups -OCH3 is 1. The van der Waals surface area contributed by atoms with Gasteiger partial charge in [-0.1, -0.05) is 46.9 Å². The third-order valence-electron chi connectivity index (χ3n) is 3.60. The summed E-state index contributed by atoms with van der Waals surface area (Å²) >= 11 is 1.77. The molecule has 1 atom stereocenters. The molecule has 7 heteroatoms. The van der Waals surface area contributed by atoms with Crippen molar-refractivity contribution in [3.63, 3.8) is 0 Å². The summed E-state index contributed by atoms with van der Waals surface area (Å²) in [6.45, 7) is 1.76. The number of ether oxygens (including phenoxy) is 1. The molecule has 0 fully saturated rings. The monoisotopic (exact) mass is 447 g/mol. The Morgan fingerprint density at radius 3 is 2.52 bits per heavy atom. The van der Waals surface area contributed by atoms with E-state index in [1.165, 1.54) is 0 Å². The minimum absolute atomic E-state index is 0.0166. The Morgan fingerprint density at radius 2 is 1.87 bits per heavy atom. The van der Waals surface area contributed by atoms with Gasteiger partial charge in [-0.15, -0.1) is 0 Å². The Kier molecular flexibility index (Phi) is 5.85. The van der Waals surface area contributed by atoms with Gasteiger partial charge >= 0.3 is 0 Å². The van der Waals surface area contributed by atoms with Crippen molar-refractivity contribution in [2.24, 2.45) is 0 Å². The highest BCUT2D eigenvalue weighted by Crippen LogP contribution is 2.25. The molecule has 0 heterocycles. The minimum Gasteiger partial charge on any atom is -0.497 e. The smallest absolute Gasteiger partial charge is 0.228 e. The molecule has 2 aromatic rings. The Balaban J connectivity index is 2.17. The lowest BCUT2D eigenvalue weighted by Gasteiger charge is -2.13. The van der Waals surface area contributed by atoms with Crippen LogP contribution in [0, 0.1) is 0 Å². The van der Waals surface area contributed by atoms with E-state index in [0.29, 0.717) is 0 Å². The number of hydrogen-bond donors (Lipinski definition) is 1. The second kappa shape index (κ2) is 7.48. The van der Waals surface area contributed by atoms with Crippen molar-refractivity contribution in [2.75, 3.05) is 16.7 Å². The fourth-order valence-corrected chi connectivity index (χ4v) is 3.26. The van der Waals surface area contributed by atoms with Crippen molar-refractivity contribution in [3.05, 3.63) is 42.0 Å². The van der Waals surface area contributed by atoms with Gasteiger partial charge in [-0.3, -0.25) is 4.79 Å². The van der Waals surface area contributed by atoms with Crippen LogP contribution >= 0.6 is 22.6 Å². The predicted molar refractivity (Wildman–Crippen MR) is 99.7 cm³/mol. The molecule has 0 saturated heterocycles. The number of rotatable bonds is 6. The van der Waals surface area contributed by atoms with Gasteiger partial charge in [-0.2, -0.15) is 0 Å². The number of carbonyl (C=O) groups excluding carboxylic acids is 1. The number of halogens is 1. The quantitative estimate of drug-likeness (QED) is 0.546. The molecule has 124 valence electrons. The molecule has 5 nitrogen and oxygen atoms in total. The first kappa shape index (κ1) is 18.0. The Labute approximate surface area is 149 Å². The predicted octanol–water partition coefficient (Wildman–Crippen LogP) is 2.83. The third-order valence-corrected chi connectivity index (χ3v) is 7.36. The molecule has 0 bridgehead atoms. The zero-order valence-electron chi connectivity index (χ0n) is 12.9. The van der Waals surface area contributed by atoms with Crippen LogP contribution in [-0.2, 0) is 14.6 Å². The topological polar surface area (TPSA) is 72.5 Å². The zero-order chi connectivity index (χ0) is 17.0. The summed E-state index contributed by atoms with van der Waals surface area (Å²) in [7, 11) is -1.61. The first-order valence-electron chi connectivity index (χ1n) is 6.98. The molecule has 0 aliphatic heterocycles. The average Bonchev–Trinajstić information content (AvgIpc) is 2.58. The van der Waals surface area contributed by atoms with Crippen LogP contribution in [0.1, 0.15) is 18.4 Å². The van der Waals surface area contributed by atoms with Crippen molar-refractivity contribution in [1.82, 2.24) is 5.32 Å². The van der Waals surface area contributed by atoms with Gasteiger partial charge in [0.1, 0.15) is 15.4 Å². The first-order valence-corrected chi connectivity index (χ1v) is 10.3. The summed E-state index contributed by atoms with van der Waals surface area (Å²) in [5.74, 6) is -0.276. The highest BCUT2D eigenvalue weighted by atomic mass is 127. The molecular weight excluding hydrogens is 429 g/mol. The molecule has 23 heavy (non-hydrogen) atoms. The Hall–Kier alpha value is -1.35. The molecule has 0 aliphatic rings. The van der Waals surface area contributed by atoms with Crippen LogP contribution in [0.5, 0.6) is 5.75 Å². The highest BCUT2D eigenvalue weighted by Gasteiger charge is 2.18. The minimum atomic E-state index is -3.23. The zero-order valence-corrected chi connectivity index (χ0v) is 15.8. The number of nitrogens with one attached hydrogen (secondary N) is 1. The van der Waals surface area contributed by atoms with Gasteiger partial charge in [0.15, 0.2) is 9.84 Å². The van der Waals surface area contributed by atoms with E-state index in [4.69, 9.17) is 4.74 Å². The number of hydrogen-bond acceptors (Lipinski definition) is 4. The summed E-state index contributed by atoms with van der Waals surface area (Å²) < 4.78 is 28.1. The Morgan fingerprint density at radius 1 is 1.22 bits per heavy atom. The first-order chi connectivity index (χ1) is 10.9. The molecule has 2 aromatic carbocycles. The van der Waals surface area contributed by atoms with Crippen LogP contribution in [0.4, 0.5) is 0 Å². The second-order valence-electron chi connectivity index (χ2n) is 5.23. The number of amides is 1. The Bertz CT molecular complexity index is 820. The molecule has 0 aliphatic carbocycles. The molecule has 1 unspecified atom stereocenters. The fourth-order valence-electron chi connectivity index (χ4n) is 2.16. The summed E-state index contributed by atoms with van der Waals surface area (Å²) in [5, 5.41) is 4.51. The van der Waals surface area contributed by atoms with Crippen LogP contribution in [0.25, 0.3) is 10.8 Å². The van der Waals surface area contributed by atoms with Gasteiger partial charge in [0.2, 0.25) is 5.91 Å². The number of carbonyl (C=O) groups is 1. The van der Waals surface area contributed by atoms with Crippen LogP contribution in [0.15, 0.2) is 36.4 Å². The second-order valence-corrected chi connectivity index (χ2v) is 9.09.